The highest BCUT2D eigenvalue weighted by atomic mass is 35.5. The van der Waals surface area contributed by atoms with E-state index >= 15 is 0 Å². The third kappa shape index (κ3) is 2.49. The molecule has 2 aromatic rings. The van der Waals surface area contributed by atoms with E-state index in [9.17, 15) is 4.79 Å². The highest BCUT2D eigenvalue weighted by Crippen LogP contribution is 2.32. The molecule has 0 saturated carbocycles. The topological polar surface area (TPSA) is 52.3 Å². The zero-order valence-corrected chi connectivity index (χ0v) is 11.0. The maximum atomic E-state index is 11.4. The minimum atomic E-state index is -0.561. The Morgan fingerprint density at radius 2 is 2.22 bits per heavy atom. The average Bonchev–Trinajstić information content (AvgIpc) is 2.82. The Morgan fingerprint density at radius 1 is 1.44 bits per heavy atom. The van der Waals surface area contributed by atoms with Crippen molar-refractivity contribution in [2.45, 2.75) is 6.92 Å². The van der Waals surface area contributed by atoms with Crippen molar-refractivity contribution in [3.8, 4) is 11.5 Å². The quantitative estimate of drug-likeness (QED) is 0.805. The van der Waals surface area contributed by atoms with Gasteiger partial charge in [0.15, 0.2) is 0 Å². The van der Waals surface area contributed by atoms with E-state index in [-0.39, 0.29) is 18.3 Å². The number of hydrogen-bond acceptors (Lipinski definition) is 4. The monoisotopic (exact) mass is 285 g/mol. The molecule has 0 amide bonds. The molecular weight excluding hydrogens is 277 g/mol. The minimum Gasteiger partial charge on any atom is -0.460 e. The smallest absolute Gasteiger partial charge is 0.375 e. The van der Waals surface area contributed by atoms with E-state index in [0.29, 0.717) is 15.6 Å². The molecule has 0 bridgehead atoms. The summed E-state index contributed by atoms with van der Waals surface area (Å²) in [7, 11) is 0. The molecule has 0 unspecified atom stereocenters. The predicted molar refractivity (Wildman–Crippen MR) is 67.9 cm³/mol. The lowest BCUT2D eigenvalue weighted by atomic mass is 10.2. The molecule has 18 heavy (non-hydrogen) atoms. The third-order valence-electron chi connectivity index (χ3n) is 2.16. The SMILES string of the molecule is CCOC(=O)c1cnc(-c2cccc(Cl)c2Cl)o1. The van der Waals surface area contributed by atoms with Gasteiger partial charge < -0.3 is 9.15 Å². The number of halogens is 2. The standard InChI is InChI=1S/C12H9Cl2NO3/c1-2-17-12(16)9-6-15-11(18-9)7-4-3-5-8(13)10(7)14/h3-6H,2H2,1H3. The Balaban J connectivity index is 2.35. The minimum absolute atomic E-state index is 0.0305. The van der Waals surface area contributed by atoms with Crippen LogP contribution in [0.3, 0.4) is 0 Å². The second-order valence-electron chi connectivity index (χ2n) is 3.35. The van der Waals surface area contributed by atoms with Gasteiger partial charge in [-0.25, -0.2) is 9.78 Å². The second kappa shape index (κ2) is 5.42. The molecule has 0 N–H and O–H groups in total. The number of esters is 1. The first-order valence-corrected chi connectivity index (χ1v) is 5.96. The van der Waals surface area contributed by atoms with Gasteiger partial charge in [-0.05, 0) is 19.1 Å². The first kappa shape index (κ1) is 12.9. The molecule has 0 saturated heterocycles. The summed E-state index contributed by atoms with van der Waals surface area (Å²) >= 11 is 11.9. The fourth-order valence-electron chi connectivity index (χ4n) is 1.36. The number of oxazole rings is 1. The lowest BCUT2D eigenvalue weighted by Gasteiger charge is -2.01. The van der Waals surface area contributed by atoms with Crippen LogP contribution in [0.2, 0.25) is 10.0 Å². The molecule has 4 nitrogen and oxygen atoms in total. The maximum absolute atomic E-state index is 11.4. The molecule has 6 heteroatoms. The highest BCUT2D eigenvalue weighted by Gasteiger charge is 2.16. The van der Waals surface area contributed by atoms with Crippen molar-refractivity contribution in [3.63, 3.8) is 0 Å². The number of nitrogens with zero attached hydrogens (tertiary/aromatic N) is 1. The molecule has 2 rings (SSSR count). The van der Waals surface area contributed by atoms with E-state index < -0.39 is 5.97 Å². The average molecular weight is 286 g/mol. The van der Waals surface area contributed by atoms with Crippen LogP contribution in [0.5, 0.6) is 0 Å². The van der Waals surface area contributed by atoms with Crippen LogP contribution in [0.4, 0.5) is 0 Å². The molecule has 1 aromatic heterocycles. The van der Waals surface area contributed by atoms with Crippen molar-refractivity contribution in [2.75, 3.05) is 6.61 Å². The van der Waals surface area contributed by atoms with Gasteiger partial charge in [0.05, 0.1) is 28.4 Å². The zero-order chi connectivity index (χ0) is 13.1. The van der Waals surface area contributed by atoms with Crippen LogP contribution >= 0.6 is 23.2 Å². The molecule has 1 heterocycles. The summed E-state index contributed by atoms with van der Waals surface area (Å²) in [5, 5.41) is 0.724. The Bertz CT molecular complexity index is 580. The first-order valence-electron chi connectivity index (χ1n) is 5.20. The summed E-state index contributed by atoms with van der Waals surface area (Å²) in [6.07, 6.45) is 1.30. The Hall–Kier alpha value is -1.52. The Morgan fingerprint density at radius 3 is 2.94 bits per heavy atom. The molecule has 0 aliphatic rings. The van der Waals surface area contributed by atoms with Crippen molar-refractivity contribution < 1.29 is 13.9 Å². The number of aromatic nitrogens is 1. The fraction of sp³-hybridized carbons (Fsp3) is 0.167. The van der Waals surface area contributed by atoms with Gasteiger partial charge in [-0.15, -0.1) is 0 Å². The number of ether oxygens (including phenoxy) is 1. The van der Waals surface area contributed by atoms with Gasteiger partial charge in [-0.2, -0.15) is 0 Å². The molecule has 94 valence electrons. The molecule has 1 aromatic carbocycles. The highest BCUT2D eigenvalue weighted by molar-refractivity contribution is 6.43. The van der Waals surface area contributed by atoms with Crippen LogP contribution in [-0.4, -0.2) is 17.6 Å². The summed E-state index contributed by atoms with van der Waals surface area (Å²) < 4.78 is 10.1. The summed E-state index contributed by atoms with van der Waals surface area (Å²) in [5.41, 5.74) is 0.528. The van der Waals surface area contributed by atoms with Crippen molar-refractivity contribution in [1.29, 1.82) is 0 Å². The van der Waals surface area contributed by atoms with Gasteiger partial charge in [0.25, 0.3) is 0 Å². The molecular formula is C12H9Cl2NO3. The normalized spacial score (nSPS) is 10.4. The first-order chi connectivity index (χ1) is 8.63. The van der Waals surface area contributed by atoms with Crippen LogP contribution in [0.25, 0.3) is 11.5 Å². The molecule has 0 spiro atoms. The van der Waals surface area contributed by atoms with Crippen LogP contribution in [0.15, 0.2) is 28.8 Å². The fourth-order valence-corrected chi connectivity index (χ4v) is 1.75. The van der Waals surface area contributed by atoms with Gasteiger partial charge in [-0.1, -0.05) is 29.3 Å². The molecule has 0 fully saturated rings. The van der Waals surface area contributed by atoms with E-state index in [4.69, 9.17) is 32.4 Å². The predicted octanol–water partition coefficient (Wildman–Crippen LogP) is 3.83. The van der Waals surface area contributed by atoms with E-state index in [2.05, 4.69) is 4.98 Å². The van der Waals surface area contributed by atoms with Gasteiger partial charge >= 0.3 is 5.97 Å². The van der Waals surface area contributed by atoms with Crippen LogP contribution in [0, 0.1) is 0 Å². The van der Waals surface area contributed by atoms with Crippen molar-refractivity contribution in [2.24, 2.45) is 0 Å². The van der Waals surface area contributed by atoms with Crippen molar-refractivity contribution in [3.05, 3.63) is 40.2 Å². The van der Waals surface area contributed by atoms with Crippen LogP contribution in [-0.2, 0) is 4.74 Å². The van der Waals surface area contributed by atoms with Crippen LogP contribution in [0.1, 0.15) is 17.5 Å². The van der Waals surface area contributed by atoms with Crippen LogP contribution < -0.4 is 0 Å². The number of hydrogen-bond donors (Lipinski definition) is 0. The molecule has 0 atom stereocenters. The van der Waals surface area contributed by atoms with Gasteiger partial charge in [0.1, 0.15) is 0 Å². The summed E-state index contributed by atoms with van der Waals surface area (Å²) in [6.45, 7) is 1.98. The number of carbonyl (C=O) groups excluding carboxylic acids is 1. The van der Waals surface area contributed by atoms with E-state index in [0.717, 1.165) is 0 Å². The third-order valence-corrected chi connectivity index (χ3v) is 2.98. The largest absolute Gasteiger partial charge is 0.460 e. The van der Waals surface area contributed by atoms with E-state index in [1.807, 2.05) is 0 Å². The second-order valence-corrected chi connectivity index (χ2v) is 4.14. The molecule has 0 aliphatic carbocycles. The van der Waals surface area contributed by atoms with E-state index in [1.54, 1.807) is 25.1 Å². The number of benzene rings is 1. The lowest BCUT2D eigenvalue weighted by Crippen LogP contribution is -2.02. The maximum Gasteiger partial charge on any atom is 0.375 e. The summed E-state index contributed by atoms with van der Waals surface area (Å²) in [4.78, 5) is 15.4. The summed E-state index contributed by atoms with van der Waals surface area (Å²) in [6, 6.07) is 5.08. The summed E-state index contributed by atoms with van der Waals surface area (Å²) in [5.74, 6) is -0.303. The van der Waals surface area contributed by atoms with Crippen molar-refractivity contribution in [1.82, 2.24) is 4.98 Å². The Labute approximate surface area is 113 Å². The Kier molecular flexibility index (Phi) is 3.89. The van der Waals surface area contributed by atoms with Gasteiger partial charge in [0, 0.05) is 0 Å². The zero-order valence-electron chi connectivity index (χ0n) is 9.44. The van der Waals surface area contributed by atoms with Gasteiger partial charge in [-0.3, -0.25) is 0 Å². The number of carbonyl (C=O) groups is 1. The lowest BCUT2D eigenvalue weighted by molar-refractivity contribution is 0.0491. The molecule has 0 radical (unpaired) electrons. The van der Waals surface area contributed by atoms with E-state index in [1.165, 1.54) is 6.20 Å². The number of rotatable bonds is 3. The van der Waals surface area contributed by atoms with Gasteiger partial charge in [0.2, 0.25) is 11.7 Å². The molecule has 0 aliphatic heterocycles. The van der Waals surface area contributed by atoms with Crippen molar-refractivity contribution >= 4 is 29.2 Å².